The third-order valence-corrected chi connectivity index (χ3v) is 3.95. The lowest BCUT2D eigenvalue weighted by Gasteiger charge is -2.22. The fourth-order valence-electron chi connectivity index (χ4n) is 2.84. The van der Waals surface area contributed by atoms with Crippen LogP contribution in [0, 0.1) is 0 Å². The van der Waals surface area contributed by atoms with Crippen LogP contribution in [0.15, 0.2) is 18.2 Å². The van der Waals surface area contributed by atoms with Crippen molar-refractivity contribution in [1.82, 2.24) is 0 Å². The molecule has 0 spiro atoms. The summed E-state index contributed by atoms with van der Waals surface area (Å²) in [5.41, 5.74) is 8.67. The van der Waals surface area contributed by atoms with Crippen molar-refractivity contribution in [3.63, 3.8) is 0 Å². The van der Waals surface area contributed by atoms with Crippen LogP contribution in [0.5, 0.6) is 5.75 Å². The Morgan fingerprint density at radius 1 is 1.28 bits per heavy atom. The fraction of sp³-hybridized carbons (Fsp3) is 0.600. The van der Waals surface area contributed by atoms with Crippen molar-refractivity contribution in [2.75, 3.05) is 13.2 Å². The summed E-state index contributed by atoms with van der Waals surface area (Å²) in [6.07, 6.45) is 5.98. The highest BCUT2D eigenvalue weighted by Crippen LogP contribution is 2.32. The molecule has 3 heteroatoms. The second kappa shape index (κ2) is 5.29. The Labute approximate surface area is 108 Å². The normalized spacial score (nSPS) is 26.9. The topological polar surface area (TPSA) is 44.5 Å². The molecule has 18 heavy (non-hydrogen) atoms. The number of hydrogen-bond donors (Lipinski definition) is 1. The molecule has 0 radical (unpaired) electrons. The van der Waals surface area contributed by atoms with Gasteiger partial charge < -0.3 is 15.2 Å². The Morgan fingerprint density at radius 2 is 2.22 bits per heavy atom. The van der Waals surface area contributed by atoms with E-state index in [0.717, 1.165) is 31.6 Å². The smallest absolute Gasteiger partial charge is 0.119 e. The quantitative estimate of drug-likeness (QED) is 0.893. The number of rotatable bonds is 3. The van der Waals surface area contributed by atoms with E-state index in [0.29, 0.717) is 6.61 Å². The second-order valence-electron chi connectivity index (χ2n) is 5.31. The average Bonchev–Trinajstić information content (AvgIpc) is 2.79. The molecule has 1 unspecified atom stereocenters. The molecular formula is C15H21NO2. The van der Waals surface area contributed by atoms with Gasteiger partial charge in [-0.2, -0.15) is 0 Å². The van der Waals surface area contributed by atoms with Gasteiger partial charge >= 0.3 is 0 Å². The monoisotopic (exact) mass is 247 g/mol. The molecule has 2 aliphatic rings. The van der Waals surface area contributed by atoms with Gasteiger partial charge in [-0.1, -0.05) is 6.07 Å². The molecule has 2 atom stereocenters. The number of aryl methyl sites for hydroxylation is 1. The molecular weight excluding hydrogens is 226 g/mol. The Hall–Kier alpha value is -1.06. The predicted molar refractivity (Wildman–Crippen MR) is 70.8 cm³/mol. The summed E-state index contributed by atoms with van der Waals surface area (Å²) in [5.74, 6) is 0.956. The van der Waals surface area contributed by atoms with Gasteiger partial charge in [-0.3, -0.25) is 0 Å². The first kappa shape index (κ1) is 12.0. The molecule has 3 rings (SSSR count). The van der Waals surface area contributed by atoms with Crippen molar-refractivity contribution in [3.05, 3.63) is 29.3 Å². The van der Waals surface area contributed by atoms with E-state index in [4.69, 9.17) is 15.2 Å². The Bertz CT molecular complexity index is 413. The van der Waals surface area contributed by atoms with Gasteiger partial charge in [0.15, 0.2) is 0 Å². The highest BCUT2D eigenvalue weighted by Gasteiger charge is 2.20. The second-order valence-corrected chi connectivity index (χ2v) is 5.31. The summed E-state index contributed by atoms with van der Waals surface area (Å²) in [7, 11) is 0. The van der Waals surface area contributed by atoms with Crippen LogP contribution in [0.3, 0.4) is 0 Å². The van der Waals surface area contributed by atoms with Gasteiger partial charge in [0.05, 0.1) is 6.10 Å². The fourth-order valence-corrected chi connectivity index (χ4v) is 2.84. The minimum atomic E-state index is 0.218. The number of fused-ring (bicyclic) bond motifs is 1. The lowest BCUT2D eigenvalue weighted by molar-refractivity contribution is -0.0110. The van der Waals surface area contributed by atoms with Crippen molar-refractivity contribution in [3.8, 4) is 5.75 Å². The van der Waals surface area contributed by atoms with E-state index < -0.39 is 0 Å². The van der Waals surface area contributed by atoms with Gasteiger partial charge in [0, 0.05) is 12.6 Å². The molecule has 2 N–H and O–H groups in total. The number of ether oxygens (including phenoxy) is 2. The summed E-state index contributed by atoms with van der Waals surface area (Å²) in [4.78, 5) is 0. The lowest BCUT2D eigenvalue weighted by atomic mass is 10.1. The number of nitrogens with two attached hydrogens (primary N) is 1. The molecule has 0 saturated carbocycles. The Morgan fingerprint density at radius 3 is 3.06 bits per heavy atom. The van der Waals surface area contributed by atoms with Gasteiger partial charge in [-0.15, -0.1) is 0 Å². The van der Waals surface area contributed by atoms with Crippen LogP contribution in [-0.2, 0) is 11.2 Å². The maximum Gasteiger partial charge on any atom is 0.119 e. The van der Waals surface area contributed by atoms with E-state index in [9.17, 15) is 0 Å². The van der Waals surface area contributed by atoms with Crippen molar-refractivity contribution in [2.24, 2.45) is 5.73 Å². The molecule has 0 aromatic heterocycles. The highest BCUT2D eigenvalue weighted by molar-refractivity contribution is 5.40. The van der Waals surface area contributed by atoms with Crippen LogP contribution >= 0.6 is 0 Å². The van der Waals surface area contributed by atoms with Crippen molar-refractivity contribution < 1.29 is 9.47 Å². The third-order valence-electron chi connectivity index (χ3n) is 3.95. The first-order chi connectivity index (χ1) is 8.83. The lowest BCUT2D eigenvalue weighted by Crippen LogP contribution is -2.25. The van der Waals surface area contributed by atoms with Gasteiger partial charge in [-0.05, 0) is 55.4 Å². The van der Waals surface area contributed by atoms with Crippen molar-refractivity contribution in [1.29, 1.82) is 0 Å². The maximum absolute atomic E-state index is 6.03. The van der Waals surface area contributed by atoms with Crippen LogP contribution in [0.4, 0.5) is 0 Å². The maximum atomic E-state index is 6.03. The molecule has 0 amide bonds. The Kier molecular flexibility index (Phi) is 3.52. The van der Waals surface area contributed by atoms with Gasteiger partial charge in [0.1, 0.15) is 12.4 Å². The average molecular weight is 247 g/mol. The molecule has 0 bridgehead atoms. The molecule has 3 nitrogen and oxygen atoms in total. The zero-order chi connectivity index (χ0) is 12.4. The standard InChI is InChI=1S/C15H21NO2/c16-15-7-4-11-9-12(5-6-14(11)15)18-10-13-3-1-2-8-17-13/h5-6,9,13,15H,1-4,7-8,10,16H2/t13?,15-/m0/s1. The largest absolute Gasteiger partial charge is 0.491 e. The summed E-state index contributed by atoms with van der Waals surface area (Å²) in [6.45, 7) is 1.55. The molecule has 1 aliphatic carbocycles. The summed E-state index contributed by atoms with van der Waals surface area (Å²) in [6, 6.07) is 6.51. The Balaban J connectivity index is 1.60. The van der Waals surface area contributed by atoms with E-state index >= 15 is 0 Å². The van der Waals surface area contributed by atoms with Crippen molar-refractivity contribution in [2.45, 2.75) is 44.2 Å². The van der Waals surface area contributed by atoms with E-state index in [1.165, 1.54) is 24.0 Å². The first-order valence-electron chi connectivity index (χ1n) is 6.96. The minimum absolute atomic E-state index is 0.218. The number of benzene rings is 1. The van der Waals surface area contributed by atoms with E-state index in [2.05, 4.69) is 12.1 Å². The van der Waals surface area contributed by atoms with Crippen LogP contribution in [-0.4, -0.2) is 19.3 Å². The predicted octanol–water partition coefficient (Wildman–Crippen LogP) is 2.58. The zero-order valence-corrected chi connectivity index (χ0v) is 10.7. The molecule has 1 saturated heterocycles. The van der Waals surface area contributed by atoms with Crippen LogP contribution in [0.1, 0.15) is 42.9 Å². The summed E-state index contributed by atoms with van der Waals surface area (Å²) >= 11 is 0. The summed E-state index contributed by atoms with van der Waals surface area (Å²) < 4.78 is 11.5. The zero-order valence-electron chi connectivity index (χ0n) is 10.7. The van der Waals surface area contributed by atoms with Crippen LogP contribution < -0.4 is 10.5 Å². The van der Waals surface area contributed by atoms with Gasteiger partial charge in [-0.25, -0.2) is 0 Å². The first-order valence-corrected chi connectivity index (χ1v) is 6.96. The molecule has 1 fully saturated rings. The molecule has 1 heterocycles. The SMILES string of the molecule is N[C@H]1CCc2cc(OCC3CCCCO3)ccc21. The minimum Gasteiger partial charge on any atom is -0.491 e. The van der Waals surface area contributed by atoms with E-state index in [-0.39, 0.29) is 12.1 Å². The third kappa shape index (κ3) is 2.52. The molecule has 1 aromatic rings. The number of hydrogen-bond acceptors (Lipinski definition) is 3. The van der Waals surface area contributed by atoms with Crippen LogP contribution in [0.2, 0.25) is 0 Å². The van der Waals surface area contributed by atoms with Gasteiger partial charge in [0.2, 0.25) is 0 Å². The molecule has 1 aliphatic heterocycles. The van der Waals surface area contributed by atoms with Crippen LogP contribution in [0.25, 0.3) is 0 Å². The highest BCUT2D eigenvalue weighted by atomic mass is 16.5. The summed E-state index contributed by atoms with van der Waals surface area (Å²) in [5, 5.41) is 0. The molecule has 1 aromatic carbocycles. The van der Waals surface area contributed by atoms with E-state index in [1.807, 2.05) is 6.07 Å². The van der Waals surface area contributed by atoms with Gasteiger partial charge in [0.25, 0.3) is 0 Å². The molecule has 98 valence electrons. The van der Waals surface area contributed by atoms with Crippen molar-refractivity contribution >= 4 is 0 Å². The van der Waals surface area contributed by atoms with E-state index in [1.54, 1.807) is 0 Å².